The van der Waals surface area contributed by atoms with E-state index in [0.29, 0.717) is 32.6 Å². The van der Waals surface area contributed by atoms with Crippen molar-refractivity contribution in [3.8, 4) is 18.1 Å². The number of fused-ring (bicyclic) bond motifs is 2. The summed E-state index contributed by atoms with van der Waals surface area (Å²) in [7, 11) is 0. The molecule has 3 atom stereocenters. The number of terminal acetylenes is 1. The van der Waals surface area contributed by atoms with E-state index in [4.69, 9.17) is 34.4 Å². The van der Waals surface area contributed by atoms with Gasteiger partial charge in [0.2, 0.25) is 11.8 Å². The molecule has 2 aliphatic heterocycles. The van der Waals surface area contributed by atoms with E-state index in [1.54, 1.807) is 18.2 Å². The number of nitrogens with one attached hydrogen (secondary N) is 2. The molecule has 3 aromatic rings. The van der Waals surface area contributed by atoms with E-state index in [-0.39, 0.29) is 24.3 Å². The maximum Gasteiger partial charge on any atom is 0.238 e. The van der Waals surface area contributed by atoms with Crippen molar-refractivity contribution in [2.45, 2.75) is 62.0 Å². The predicted octanol–water partition coefficient (Wildman–Crippen LogP) is 6.92. The number of carbonyl (C=O) groups is 2. The van der Waals surface area contributed by atoms with Gasteiger partial charge in [0.25, 0.3) is 0 Å². The third-order valence-corrected chi connectivity index (χ3v) is 8.81. The van der Waals surface area contributed by atoms with Crippen LogP contribution in [0.5, 0.6) is 5.75 Å². The summed E-state index contributed by atoms with van der Waals surface area (Å²) in [6.45, 7) is 0. The number of piperidine rings is 1. The Bertz CT molecular complexity index is 1510. The van der Waals surface area contributed by atoms with E-state index in [9.17, 15) is 9.59 Å². The van der Waals surface area contributed by atoms with Crippen molar-refractivity contribution in [3.05, 3.63) is 93.0 Å². The number of anilines is 1. The molecule has 3 aromatic carbocycles. The number of carbonyl (C=O) groups excluding carboxylic acids is 2. The molecule has 0 bridgehead atoms. The lowest BCUT2D eigenvalue weighted by atomic mass is 9.59. The maximum absolute atomic E-state index is 14.3. The number of hydrogen-bond donors (Lipinski definition) is 2. The number of benzene rings is 3. The average Bonchev–Trinajstić information content (AvgIpc) is 3.21. The van der Waals surface area contributed by atoms with E-state index in [1.165, 1.54) is 6.42 Å². The van der Waals surface area contributed by atoms with Gasteiger partial charge in [-0.25, -0.2) is 0 Å². The predicted molar refractivity (Wildman–Crippen MR) is 153 cm³/mol. The third kappa shape index (κ3) is 4.46. The van der Waals surface area contributed by atoms with Crippen LogP contribution in [0.2, 0.25) is 10.0 Å². The van der Waals surface area contributed by atoms with Crippen molar-refractivity contribution in [1.82, 2.24) is 5.32 Å². The standard InChI is InChI=1S/C32H28Cl2N2O3/c1-2-19-11-14-28(39-23-9-4-3-5-10-23)24(15-19)30-32(25-13-12-22(34)17-27(25)35-31(32)38)26(18-29(37)36-30)20-7-6-8-21(33)16-20/h1,6-8,11-17,23,26,30H,3-5,9-10,18H2,(H,35,38)(H,36,37)/t26-,30+,32-/m0/s1. The minimum Gasteiger partial charge on any atom is -0.490 e. The zero-order chi connectivity index (χ0) is 27.1. The second-order valence-corrected chi connectivity index (χ2v) is 11.5. The van der Waals surface area contributed by atoms with Gasteiger partial charge in [-0.2, -0.15) is 0 Å². The number of rotatable bonds is 4. The van der Waals surface area contributed by atoms with Gasteiger partial charge in [0, 0.05) is 39.2 Å². The average molecular weight is 559 g/mol. The van der Waals surface area contributed by atoms with E-state index in [2.05, 4.69) is 16.6 Å². The maximum atomic E-state index is 14.3. The zero-order valence-electron chi connectivity index (χ0n) is 21.3. The number of hydrogen-bond acceptors (Lipinski definition) is 3. The quantitative estimate of drug-likeness (QED) is 0.341. The molecule has 0 aromatic heterocycles. The van der Waals surface area contributed by atoms with Gasteiger partial charge in [-0.05, 0) is 79.3 Å². The molecule has 1 aliphatic carbocycles. The van der Waals surface area contributed by atoms with Gasteiger partial charge in [0.05, 0.1) is 12.1 Å². The zero-order valence-corrected chi connectivity index (χ0v) is 22.8. The van der Waals surface area contributed by atoms with Crippen molar-refractivity contribution >= 4 is 40.7 Å². The van der Waals surface area contributed by atoms with Gasteiger partial charge in [-0.15, -0.1) is 6.42 Å². The summed E-state index contributed by atoms with van der Waals surface area (Å²) in [5, 5.41) is 7.30. The summed E-state index contributed by atoms with van der Waals surface area (Å²) in [5.74, 6) is 2.45. The number of ether oxygens (including phenoxy) is 1. The highest BCUT2D eigenvalue weighted by atomic mass is 35.5. The van der Waals surface area contributed by atoms with E-state index >= 15 is 0 Å². The monoisotopic (exact) mass is 558 g/mol. The molecule has 198 valence electrons. The second kappa shape index (κ2) is 10.3. The van der Waals surface area contributed by atoms with E-state index < -0.39 is 17.4 Å². The lowest BCUT2D eigenvalue weighted by molar-refractivity contribution is -0.131. The molecule has 2 fully saturated rings. The first kappa shape index (κ1) is 25.8. The molecule has 39 heavy (non-hydrogen) atoms. The van der Waals surface area contributed by atoms with Gasteiger partial charge < -0.3 is 15.4 Å². The molecule has 1 saturated heterocycles. The fraction of sp³-hybridized carbons (Fsp3) is 0.312. The number of amides is 2. The molecular weight excluding hydrogens is 531 g/mol. The van der Waals surface area contributed by atoms with Crippen LogP contribution < -0.4 is 15.4 Å². The Balaban J connectivity index is 1.59. The SMILES string of the molecule is C#Cc1ccc(OC2CCCCC2)c([C@H]2NC(=O)C[C@@H](c3cccc(Cl)c3)[C@]23C(=O)Nc2cc(Cl)ccc23)c1. The van der Waals surface area contributed by atoms with Crippen molar-refractivity contribution in [2.24, 2.45) is 0 Å². The lowest BCUT2D eigenvalue weighted by Gasteiger charge is -2.46. The van der Waals surface area contributed by atoms with Gasteiger partial charge in [-0.3, -0.25) is 9.59 Å². The smallest absolute Gasteiger partial charge is 0.238 e. The van der Waals surface area contributed by atoms with Crippen molar-refractivity contribution < 1.29 is 14.3 Å². The minimum atomic E-state index is -1.20. The third-order valence-electron chi connectivity index (χ3n) is 8.34. The fourth-order valence-electron chi connectivity index (χ4n) is 6.60. The summed E-state index contributed by atoms with van der Waals surface area (Å²) in [4.78, 5) is 27.7. The Morgan fingerprint density at radius 3 is 2.51 bits per heavy atom. The molecule has 5 nitrogen and oxygen atoms in total. The van der Waals surface area contributed by atoms with Crippen molar-refractivity contribution in [3.63, 3.8) is 0 Å². The molecule has 7 heteroatoms. The van der Waals surface area contributed by atoms with Gasteiger partial charge in [0.1, 0.15) is 11.2 Å². The minimum absolute atomic E-state index is 0.0663. The molecule has 2 heterocycles. The highest BCUT2D eigenvalue weighted by Gasteiger charge is 2.61. The van der Waals surface area contributed by atoms with Gasteiger partial charge >= 0.3 is 0 Å². The molecule has 0 radical (unpaired) electrons. The number of halogens is 2. The van der Waals surface area contributed by atoms with Crippen LogP contribution in [0.15, 0.2) is 60.7 Å². The van der Waals surface area contributed by atoms with E-state index in [1.807, 2.05) is 42.5 Å². The van der Waals surface area contributed by atoms with Crippen LogP contribution >= 0.6 is 23.2 Å². The lowest BCUT2D eigenvalue weighted by Crippen LogP contribution is -2.57. The Morgan fingerprint density at radius 1 is 0.949 bits per heavy atom. The first-order chi connectivity index (χ1) is 18.9. The molecular formula is C32H28Cl2N2O3. The van der Waals surface area contributed by atoms with Crippen LogP contribution in [-0.4, -0.2) is 17.9 Å². The molecule has 3 aliphatic rings. The second-order valence-electron chi connectivity index (χ2n) is 10.6. The topological polar surface area (TPSA) is 67.4 Å². The highest BCUT2D eigenvalue weighted by molar-refractivity contribution is 6.31. The Morgan fingerprint density at radius 2 is 1.74 bits per heavy atom. The van der Waals surface area contributed by atoms with Gasteiger partial charge in [0.15, 0.2) is 0 Å². The largest absolute Gasteiger partial charge is 0.490 e. The molecule has 0 unspecified atom stereocenters. The van der Waals surface area contributed by atoms with Crippen molar-refractivity contribution in [2.75, 3.05) is 5.32 Å². The first-order valence-electron chi connectivity index (χ1n) is 13.3. The van der Waals surface area contributed by atoms with Crippen LogP contribution in [-0.2, 0) is 15.0 Å². The molecule has 1 saturated carbocycles. The normalized spacial score (nSPS) is 24.5. The Kier molecular flexibility index (Phi) is 6.79. The van der Waals surface area contributed by atoms with Crippen LogP contribution in [0, 0.1) is 12.3 Å². The molecule has 6 rings (SSSR count). The highest BCUT2D eigenvalue weighted by Crippen LogP contribution is 2.58. The molecule has 2 N–H and O–H groups in total. The van der Waals surface area contributed by atoms with Gasteiger partial charge in [-0.1, -0.05) is 53.7 Å². The van der Waals surface area contributed by atoms with Crippen LogP contribution in [0.25, 0.3) is 0 Å². The Labute approximate surface area is 238 Å². The fourth-order valence-corrected chi connectivity index (χ4v) is 6.97. The summed E-state index contributed by atoms with van der Waals surface area (Å²) >= 11 is 12.8. The van der Waals surface area contributed by atoms with Crippen LogP contribution in [0.4, 0.5) is 5.69 Å². The molecule has 2 amide bonds. The Hall–Kier alpha value is -3.46. The first-order valence-corrected chi connectivity index (χ1v) is 14.1. The summed E-state index contributed by atoms with van der Waals surface area (Å²) in [6, 6.07) is 17.6. The van der Waals surface area contributed by atoms with Crippen LogP contribution in [0.1, 0.15) is 72.7 Å². The van der Waals surface area contributed by atoms with Crippen molar-refractivity contribution in [1.29, 1.82) is 0 Å². The van der Waals surface area contributed by atoms with Crippen LogP contribution in [0.3, 0.4) is 0 Å². The summed E-state index contributed by atoms with van der Waals surface area (Å²) in [6.07, 6.45) is 11.4. The summed E-state index contributed by atoms with van der Waals surface area (Å²) < 4.78 is 6.59. The van der Waals surface area contributed by atoms with E-state index in [0.717, 1.165) is 36.8 Å². The summed E-state index contributed by atoms with van der Waals surface area (Å²) in [5.41, 5.74) is 2.34. The molecule has 1 spiro atoms.